The van der Waals surface area contributed by atoms with Gasteiger partial charge in [0, 0.05) is 0 Å². The first-order valence-electron chi connectivity index (χ1n) is 5.17. The average Bonchev–Trinajstić information content (AvgIpc) is 2.46. The molecule has 0 radical (unpaired) electrons. The van der Waals surface area contributed by atoms with Crippen LogP contribution in [0.25, 0.3) is 0 Å². The molecule has 0 spiro atoms. The lowest BCUT2D eigenvalue weighted by atomic mass is 9.95. The van der Waals surface area contributed by atoms with E-state index in [9.17, 15) is 0 Å². The fraction of sp³-hybridized carbons (Fsp3) is 0.462. The molecule has 1 aliphatic carbocycles. The highest BCUT2D eigenvalue weighted by molar-refractivity contribution is 5.49. The van der Waals surface area contributed by atoms with Crippen LogP contribution in [0.3, 0.4) is 0 Å². The lowest BCUT2D eigenvalue weighted by Gasteiger charge is -2.09. The van der Waals surface area contributed by atoms with E-state index < -0.39 is 0 Å². The van der Waals surface area contributed by atoms with Gasteiger partial charge in [0.25, 0.3) is 0 Å². The van der Waals surface area contributed by atoms with Crippen molar-refractivity contribution < 1.29 is 0 Å². The van der Waals surface area contributed by atoms with Crippen LogP contribution in [0, 0.1) is 24.2 Å². The van der Waals surface area contributed by atoms with Crippen molar-refractivity contribution in [2.75, 3.05) is 0 Å². The third-order valence-electron chi connectivity index (χ3n) is 3.63. The van der Waals surface area contributed by atoms with Gasteiger partial charge >= 0.3 is 0 Å². The van der Waals surface area contributed by atoms with E-state index in [0.717, 1.165) is 17.9 Å². The lowest BCUT2D eigenvalue weighted by molar-refractivity contribution is 0.531. The third kappa shape index (κ3) is 1.14. The van der Waals surface area contributed by atoms with Crippen molar-refractivity contribution in [1.29, 1.82) is 5.26 Å². The molecule has 72 valence electrons. The van der Waals surface area contributed by atoms with Gasteiger partial charge in [-0.3, -0.25) is 0 Å². The Hall–Kier alpha value is -1.29. The van der Waals surface area contributed by atoms with Gasteiger partial charge in [0.2, 0.25) is 0 Å². The van der Waals surface area contributed by atoms with Crippen molar-refractivity contribution in [2.24, 2.45) is 5.92 Å². The standard InChI is InChI=1S/C13H15N/c1-8-6-13-10(3)11(7-14)4-5-12(13)9(8)2/h4-5,8-9H,6H2,1-3H3/t8-,9-/m0/s1. The van der Waals surface area contributed by atoms with Crippen LogP contribution < -0.4 is 0 Å². The summed E-state index contributed by atoms with van der Waals surface area (Å²) in [7, 11) is 0. The summed E-state index contributed by atoms with van der Waals surface area (Å²) in [6, 6.07) is 6.35. The molecule has 1 aromatic carbocycles. The van der Waals surface area contributed by atoms with E-state index in [4.69, 9.17) is 5.26 Å². The van der Waals surface area contributed by atoms with Crippen LogP contribution in [0.1, 0.15) is 42.0 Å². The molecule has 1 heteroatoms. The van der Waals surface area contributed by atoms with Crippen LogP contribution in [-0.4, -0.2) is 0 Å². The summed E-state index contributed by atoms with van der Waals surface area (Å²) >= 11 is 0. The molecule has 2 atom stereocenters. The number of nitriles is 1. The molecule has 0 bridgehead atoms. The number of hydrogen-bond donors (Lipinski definition) is 0. The molecule has 0 saturated carbocycles. The number of nitrogens with zero attached hydrogens (tertiary/aromatic N) is 1. The summed E-state index contributed by atoms with van der Waals surface area (Å²) in [5, 5.41) is 8.93. The zero-order chi connectivity index (χ0) is 10.3. The molecule has 2 rings (SSSR count). The Morgan fingerprint density at radius 1 is 1.36 bits per heavy atom. The fourth-order valence-electron chi connectivity index (χ4n) is 2.40. The van der Waals surface area contributed by atoms with Crippen molar-refractivity contribution in [3.63, 3.8) is 0 Å². The van der Waals surface area contributed by atoms with Crippen LogP contribution in [0.5, 0.6) is 0 Å². The van der Waals surface area contributed by atoms with Crippen LogP contribution in [0.15, 0.2) is 12.1 Å². The SMILES string of the molecule is Cc1c(C#N)ccc2c1C[C@H](C)[C@@H]2C. The second kappa shape index (κ2) is 3.13. The maximum Gasteiger partial charge on any atom is 0.0994 e. The normalized spacial score (nSPS) is 24.4. The highest BCUT2D eigenvalue weighted by Crippen LogP contribution is 2.39. The largest absolute Gasteiger partial charge is 0.192 e. The Morgan fingerprint density at radius 2 is 2.07 bits per heavy atom. The molecule has 0 heterocycles. The van der Waals surface area contributed by atoms with E-state index in [1.807, 2.05) is 6.07 Å². The summed E-state index contributed by atoms with van der Waals surface area (Å²) in [6.07, 6.45) is 1.14. The molecule has 1 aromatic rings. The first kappa shape index (κ1) is 9.27. The molecule has 0 aliphatic heterocycles. The van der Waals surface area contributed by atoms with Crippen molar-refractivity contribution in [1.82, 2.24) is 0 Å². The topological polar surface area (TPSA) is 23.8 Å². The molecular formula is C13H15N. The predicted octanol–water partition coefficient (Wildman–Crippen LogP) is 3.16. The molecule has 1 nitrogen and oxygen atoms in total. The maximum absolute atomic E-state index is 8.93. The minimum absolute atomic E-state index is 0.649. The van der Waals surface area contributed by atoms with Crippen LogP contribution in [0.2, 0.25) is 0 Å². The molecule has 14 heavy (non-hydrogen) atoms. The van der Waals surface area contributed by atoms with Gasteiger partial charge in [0.1, 0.15) is 0 Å². The number of hydrogen-bond acceptors (Lipinski definition) is 1. The van der Waals surface area contributed by atoms with Gasteiger partial charge in [0.15, 0.2) is 0 Å². The van der Waals surface area contributed by atoms with Crippen molar-refractivity contribution in [3.05, 3.63) is 34.4 Å². The highest BCUT2D eigenvalue weighted by atomic mass is 14.3. The van der Waals surface area contributed by atoms with E-state index in [0.29, 0.717) is 5.92 Å². The molecule has 0 unspecified atom stereocenters. The monoisotopic (exact) mass is 185 g/mol. The molecule has 0 fully saturated rings. The summed E-state index contributed by atoms with van der Waals surface area (Å²) in [5.74, 6) is 1.37. The van der Waals surface area contributed by atoms with E-state index in [-0.39, 0.29) is 0 Å². The van der Waals surface area contributed by atoms with Gasteiger partial charge in [-0.1, -0.05) is 19.9 Å². The van der Waals surface area contributed by atoms with Crippen molar-refractivity contribution in [3.8, 4) is 6.07 Å². The van der Waals surface area contributed by atoms with Crippen molar-refractivity contribution in [2.45, 2.75) is 33.1 Å². The number of rotatable bonds is 0. The van der Waals surface area contributed by atoms with Crippen LogP contribution in [0.4, 0.5) is 0 Å². The minimum Gasteiger partial charge on any atom is -0.192 e. The molecule has 0 amide bonds. The molecule has 0 N–H and O–H groups in total. The van der Waals surface area contributed by atoms with Gasteiger partial charge in [-0.15, -0.1) is 0 Å². The Labute approximate surface area is 85.4 Å². The Bertz CT molecular complexity index is 412. The predicted molar refractivity (Wildman–Crippen MR) is 57.2 cm³/mol. The van der Waals surface area contributed by atoms with E-state index in [2.05, 4.69) is 32.9 Å². The van der Waals surface area contributed by atoms with E-state index in [1.54, 1.807) is 0 Å². The highest BCUT2D eigenvalue weighted by Gasteiger charge is 2.27. The summed E-state index contributed by atoms with van der Waals surface area (Å²) in [6.45, 7) is 6.64. The Kier molecular flexibility index (Phi) is 2.07. The minimum atomic E-state index is 0.649. The molecule has 0 aromatic heterocycles. The second-order valence-corrected chi connectivity index (χ2v) is 4.39. The number of fused-ring (bicyclic) bond motifs is 1. The van der Waals surface area contributed by atoms with E-state index >= 15 is 0 Å². The lowest BCUT2D eigenvalue weighted by Crippen LogP contribution is -1.97. The van der Waals surface area contributed by atoms with Gasteiger partial charge < -0.3 is 0 Å². The van der Waals surface area contributed by atoms with Gasteiger partial charge in [-0.2, -0.15) is 5.26 Å². The van der Waals surface area contributed by atoms with Crippen molar-refractivity contribution >= 4 is 0 Å². The fourth-order valence-corrected chi connectivity index (χ4v) is 2.40. The molecular weight excluding hydrogens is 170 g/mol. The first-order valence-corrected chi connectivity index (χ1v) is 5.17. The van der Waals surface area contributed by atoms with Gasteiger partial charge in [-0.05, 0) is 47.9 Å². The molecule has 0 saturated heterocycles. The van der Waals surface area contributed by atoms with E-state index in [1.165, 1.54) is 16.7 Å². The average molecular weight is 185 g/mol. The van der Waals surface area contributed by atoms with Gasteiger partial charge in [0.05, 0.1) is 11.6 Å². The third-order valence-corrected chi connectivity index (χ3v) is 3.63. The smallest absolute Gasteiger partial charge is 0.0994 e. The quantitative estimate of drug-likeness (QED) is 0.609. The zero-order valence-electron chi connectivity index (χ0n) is 8.96. The second-order valence-electron chi connectivity index (χ2n) is 4.39. The van der Waals surface area contributed by atoms with Crippen LogP contribution in [-0.2, 0) is 6.42 Å². The molecule has 1 aliphatic rings. The maximum atomic E-state index is 8.93. The summed E-state index contributed by atoms with van der Waals surface area (Å²) in [5.41, 5.74) is 4.91. The van der Waals surface area contributed by atoms with Gasteiger partial charge in [-0.25, -0.2) is 0 Å². The Morgan fingerprint density at radius 3 is 2.71 bits per heavy atom. The Balaban J connectivity index is 2.59. The summed E-state index contributed by atoms with van der Waals surface area (Å²) in [4.78, 5) is 0. The zero-order valence-corrected chi connectivity index (χ0v) is 8.96. The first-order chi connectivity index (χ1) is 6.65. The van der Waals surface area contributed by atoms with Crippen LogP contribution >= 0.6 is 0 Å². The summed E-state index contributed by atoms with van der Waals surface area (Å²) < 4.78 is 0. The number of benzene rings is 1.